The molecule has 0 bridgehead atoms. The summed E-state index contributed by atoms with van der Waals surface area (Å²) in [6, 6.07) is -0.160. The first kappa shape index (κ1) is 9.19. The Balaban J connectivity index is 2.60. The Morgan fingerprint density at radius 1 is 1.75 bits per heavy atom. The summed E-state index contributed by atoms with van der Waals surface area (Å²) in [6.07, 6.45) is 0.379. The van der Waals surface area contributed by atoms with Gasteiger partial charge in [-0.25, -0.2) is 0 Å². The maximum atomic E-state index is 11.1. The van der Waals surface area contributed by atoms with Gasteiger partial charge >= 0.3 is 0 Å². The van der Waals surface area contributed by atoms with E-state index in [0.29, 0.717) is 6.42 Å². The van der Waals surface area contributed by atoms with Crippen LogP contribution in [0, 0.1) is 0 Å². The summed E-state index contributed by atoms with van der Waals surface area (Å²) in [5.74, 6) is -0.0838. The van der Waals surface area contributed by atoms with Crippen LogP contribution in [0.1, 0.15) is 20.3 Å². The molecular weight excluding hydrogens is 158 g/mol. The summed E-state index contributed by atoms with van der Waals surface area (Å²) < 4.78 is 5.04. The van der Waals surface area contributed by atoms with Crippen LogP contribution in [0.2, 0.25) is 0 Å². The van der Waals surface area contributed by atoms with Crippen molar-refractivity contribution >= 4 is 11.7 Å². The van der Waals surface area contributed by atoms with Crippen molar-refractivity contribution < 1.29 is 14.3 Å². The fraction of sp³-hybridized carbons (Fsp3) is 0.750. The Morgan fingerprint density at radius 2 is 2.33 bits per heavy atom. The maximum absolute atomic E-state index is 11.1. The average Bonchev–Trinajstić information content (AvgIpc) is 2.02. The number of amides is 1. The number of hydrogen-bond acceptors (Lipinski definition) is 3. The van der Waals surface area contributed by atoms with E-state index in [1.165, 1.54) is 14.0 Å². The van der Waals surface area contributed by atoms with Gasteiger partial charge < -0.3 is 10.1 Å². The lowest BCUT2D eigenvalue weighted by Gasteiger charge is -2.43. The standard InChI is InChI=1S/C8H13NO3/c1-5(10)9-6-4-7(11)8(6,2)12-3/h6H,4H2,1-3H3,(H,9,10)/t6-,8+/m1/s1. The molecule has 0 heterocycles. The first-order valence-electron chi connectivity index (χ1n) is 3.86. The Kier molecular flexibility index (Phi) is 2.19. The van der Waals surface area contributed by atoms with Crippen molar-refractivity contribution in [3.8, 4) is 0 Å². The Labute approximate surface area is 71.3 Å². The van der Waals surface area contributed by atoms with Gasteiger partial charge in [0.05, 0.1) is 6.04 Å². The predicted molar refractivity (Wildman–Crippen MR) is 42.6 cm³/mol. The molecule has 1 rings (SSSR count). The number of carbonyl (C=O) groups is 2. The molecule has 0 unspecified atom stereocenters. The zero-order valence-electron chi connectivity index (χ0n) is 7.51. The molecule has 0 spiro atoms. The van der Waals surface area contributed by atoms with Gasteiger partial charge in [-0.15, -0.1) is 0 Å². The van der Waals surface area contributed by atoms with E-state index in [0.717, 1.165) is 0 Å². The number of Topliss-reactive ketones (excluding diaryl/α,β-unsaturated/α-hetero) is 1. The van der Waals surface area contributed by atoms with Gasteiger partial charge in [0.1, 0.15) is 5.60 Å². The van der Waals surface area contributed by atoms with Crippen molar-refractivity contribution in [2.75, 3.05) is 7.11 Å². The van der Waals surface area contributed by atoms with E-state index < -0.39 is 5.60 Å². The van der Waals surface area contributed by atoms with Gasteiger partial charge in [-0.2, -0.15) is 0 Å². The van der Waals surface area contributed by atoms with Gasteiger partial charge in [-0.3, -0.25) is 9.59 Å². The van der Waals surface area contributed by atoms with Crippen molar-refractivity contribution in [1.29, 1.82) is 0 Å². The molecule has 0 aromatic rings. The molecule has 2 atom stereocenters. The average molecular weight is 171 g/mol. The molecule has 68 valence electrons. The normalized spacial score (nSPS) is 34.2. The molecule has 0 radical (unpaired) electrons. The zero-order chi connectivity index (χ0) is 9.35. The molecule has 1 N–H and O–H groups in total. The molecule has 12 heavy (non-hydrogen) atoms. The molecular formula is C8H13NO3. The van der Waals surface area contributed by atoms with E-state index in [9.17, 15) is 9.59 Å². The molecule has 0 aromatic carbocycles. The second-order valence-electron chi connectivity index (χ2n) is 3.19. The third kappa shape index (κ3) is 1.22. The Hall–Kier alpha value is -0.900. The third-order valence-corrected chi connectivity index (χ3v) is 2.41. The summed E-state index contributed by atoms with van der Waals surface area (Å²) in [5, 5.41) is 2.67. The first-order valence-corrected chi connectivity index (χ1v) is 3.86. The van der Waals surface area contributed by atoms with E-state index >= 15 is 0 Å². The van der Waals surface area contributed by atoms with Crippen LogP contribution in [0.5, 0.6) is 0 Å². The fourth-order valence-electron chi connectivity index (χ4n) is 1.34. The van der Waals surface area contributed by atoms with Crippen LogP contribution in [0.3, 0.4) is 0 Å². The lowest BCUT2D eigenvalue weighted by Crippen LogP contribution is -2.66. The molecule has 0 aromatic heterocycles. The van der Waals surface area contributed by atoms with Gasteiger partial charge in [-0.1, -0.05) is 0 Å². The second kappa shape index (κ2) is 2.86. The van der Waals surface area contributed by atoms with Crippen molar-refractivity contribution in [3.63, 3.8) is 0 Å². The minimum Gasteiger partial charge on any atom is -0.369 e. The van der Waals surface area contributed by atoms with Gasteiger partial charge in [0.25, 0.3) is 0 Å². The molecule has 1 saturated carbocycles. The molecule has 1 amide bonds. The number of ether oxygens (including phenoxy) is 1. The highest BCUT2D eigenvalue weighted by Crippen LogP contribution is 2.31. The molecule has 1 aliphatic carbocycles. The first-order chi connectivity index (χ1) is 5.50. The maximum Gasteiger partial charge on any atom is 0.217 e. The highest BCUT2D eigenvalue weighted by molar-refractivity contribution is 5.96. The monoisotopic (exact) mass is 171 g/mol. The van der Waals surface area contributed by atoms with E-state index in [4.69, 9.17) is 4.74 Å². The lowest BCUT2D eigenvalue weighted by molar-refractivity contribution is -0.160. The van der Waals surface area contributed by atoms with Gasteiger partial charge in [0, 0.05) is 20.5 Å². The van der Waals surface area contributed by atoms with Crippen LogP contribution in [0.15, 0.2) is 0 Å². The number of methoxy groups -OCH3 is 1. The summed E-state index contributed by atoms with van der Waals surface area (Å²) in [6.45, 7) is 3.12. The highest BCUT2D eigenvalue weighted by atomic mass is 16.5. The molecule has 1 aliphatic rings. The SMILES string of the molecule is CO[C@]1(C)C(=O)C[C@H]1NC(C)=O. The quantitative estimate of drug-likeness (QED) is 0.629. The van der Waals surface area contributed by atoms with Crippen LogP contribution < -0.4 is 5.32 Å². The van der Waals surface area contributed by atoms with Crippen LogP contribution >= 0.6 is 0 Å². The molecule has 0 aliphatic heterocycles. The van der Waals surface area contributed by atoms with Gasteiger partial charge in [-0.05, 0) is 6.92 Å². The van der Waals surface area contributed by atoms with Crippen molar-refractivity contribution in [1.82, 2.24) is 5.32 Å². The zero-order valence-corrected chi connectivity index (χ0v) is 7.51. The summed E-state index contributed by atoms with van der Waals surface area (Å²) >= 11 is 0. The third-order valence-electron chi connectivity index (χ3n) is 2.41. The molecule has 0 saturated heterocycles. The topological polar surface area (TPSA) is 55.4 Å². The highest BCUT2D eigenvalue weighted by Gasteiger charge is 2.52. The smallest absolute Gasteiger partial charge is 0.217 e. The largest absolute Gasteiger partial charge is 0.369 e. The van der Waals surface area contributed by atoms with E-state index in [1.54, 1.807) is 6.92 Å². The Bertz CT molecular complexity index is 226. The van der Waals surface area contributed by atoms with Crippen molar-refractivity contribution in [2.45, 2.75) is 31.9 Å². The summed E-state index contributed by atoms with van der Waals surface area (Å²) in [4.78, 5) is 21.8. The summed E-state index contributed by atoms with van der Waals surface area (Å²) in [7, 11) is 1.48. The number of nitrogens with one attached hydrogen (secondary N) is 1. The minimum atomic E-state index is -0.800. The minimum absolute atomic E-state index is 0.0451. The van der Waals surface area contributed by atoms with E-state index in [2.05, 4.69) is 5.32 Å². The van der Waals surface area contributed by atoms with E-state index in [-0.39, 0.29) is 17.7 Å². The second-order valence-corrected chi connectivity index (χ2v) is 3.19. The van der Waals surface area contributed by atoms with Crippen molar-refractivity contribution in [2.24, 2.45) is 0 Å². The van der Waals surface area contributed by atoms with Crippen molar-refractivity contribution in [3.05, 3.63) is 0 Å². The molecule has 1 fully saturated rings. The lowest BCUT2D eigenvalue weighted by atomic mass is 9.74. The fourth-order valence-corrected chi connectivity index (χ4v) is 1.34. The Morgan fingerprint density at radius 3 is 2.67 bits per heavy atom. The van der Waals surface area contributed by atoms with Crippen LogP contribution in [-0.4, -0.2) is 30.4 Å². The predicted octanol–water partition coefficient (Wildman–Crippen LogP) is -0.131. The number of ketones is 1. The molecule has 4 nitrogen and oxygen atoms in total. The number of hydrogen-bond donors (Lipinski definition) is 1. The van der Waals surface area contributed by atoms with Crippen LogP contribution in [0.4, 0.5) is 0 Å². The molecule has 4 heteroatoms. The van der Waals surface area contributed by atoms with Gasteiger partial charge in [0.2, 0.25) is 5.91 Å². The van der Waals surface area contributed by atoms with Gasteiger partial charge in [0.15, 0.2) is 5.78 Å². The van der Waals surface area contributed by atoms with E-state index in [1.807, 2.05) is 0 Å². The summed E-state index contributed by atoms with van der Waals surface area (Å²) in [5.41, 5.74) is -0.800. The van der Waals surface area contributed by atoms with Crippen LogP contribution in [0.25, 0.3) is 0 Å². The number of rotatable bonds is 2. The number of carbonyl (C=O) groups excluding carboxylic acids is 2. The van der Waals surface area contributed by atoms with Crippen LogP contribution in [-0.2, 0) is 14.3 Å².